The zero-order chi connectivity index (χ0) is 20.4. The number of nitrogens with zero attached hydrogens (tertiary/aromatic N) is 1. The van der Waals surface area contributed by atoms with E-state index in [1.54, 1.807) is 7.05 Å². The van der Waals surface area contributed by atoms with Crippen molar-refractivity contribution in [1.29, 1.82) is 0 Å². The molecule has 0 aliphatic carbocycles. The number of carbonyl (C=O) groups excluding carboxylic acids is 1. The molecular weight excluding hydrogens is 479 g/mol. The quantitative estimate of drug-likeness (QED) is 0.283. The molecule has 158 valence electrons. The van der Waals surface area contributed by atoms with Gasteiger partial charge in [-0.3, -0.25) is 9.79 Å². The van der Waals surface area contributed by atoms with Crippen molar-refractivity contribution in [2.45, 2.75) is 26.8 Å². The van der Waals surface area contributed by atoms with E-state index in [9.17, 15) is 4.79 Å². The topological polar surface area (TPSA) is 74.8 Å². The molecule has 2 aromatic carbocycles. The number of benzene rings is 2. The van der Waals surface area contributed by atoms with E-state index in [0.717, 1.165) is 17.0 Å². The maximum absolute atomic E-state index is 12.1. The fourth-order valence-corrected chi connectivity index (χ4v) is 2.49. The van der Waals surface area contributed by atoms with Gasteiger partial charge < -0.3 is 20.7 Å². The number of aliphatic imine (C=N–C) groups is 1. The number of amides is 1. The number of hydrogen-bond acceptors (Lipinski definition) is 3. The van der Waals surface area contributed by atoms with Crippen molar-refractivity contribution < 1.29 is 9.53 Å². The van der Waals surface area contributed by atoms with E-state index < -0.39 is 0 Å². The lowest BCUT2D eigenvalue weighted by molar-refractivity contribution is -0.115. The molecular formula is C22H31IN4O2. The highest BCUT2D eigenvalue weighted by molar-refractivity contribution is 14.0. The zero-order valence-electron chi connectivity index (χ0n) is 17.4. The maximum Gasteiger partial charge on any atom is 0.243 e. The molecule has 0 bridgehead atoms. The van der Waals surface area contributed by atoms with Crippen LogP contribution in [0.25, 0.3) is 0 Å². The Morgan fingerprint density at radius 2 is 1.69 bits per heavy atom. The molecule has 2 aromatic rings. The van der Waals surface area contributed by atoms with Crippen LogP contribution in [0.15, 0.2) is 59.6 Å². The van der Waals surface area contributed by atoms with E-state index in [4.69, 9.17) is 4.74 Å². The molecule has 1 amide bonds. The number of halogens is 1. The van der Waals surface area contributed by atoms with Crippen molar-refractivity contribution in [3.8, 4) is 5.75 Å². The summed E-state index contributed by atoms with van der Waals surface area (Å²) in [6.45, 7) is 7.12. The molecule has 0 saturated heterocycles. The summed E-state index contributed by atoms with van der Waals surface area (Å²) in [6.07, 6.45) is 0. The van der Waals surface area contributed by atoms with Gasteiger partial charge in [0.1, 0.15) is 5.75 Å². The van der Waals surface area contributed by atoms with Crippen LogP contribution in [0.5, 0.6) is 5.75 Å². The molecule has 1 atom stereocenters. The highest BCUT2D eigenvalue weighted by Crippen LogP contribution is 2.18. The minimum atomic E-state index is -0.131. The predicted octanol–water partition coefficient (Wildman–Crippen LogP) is 4.20. The number of ether oxygens (including phenoxy) is 1. The normalized spacial score (nSPS) is 12.0. The van der Waals surface area contributed by atoms with Crippen molar-refractivity contribution in [3.63, 3.8) is 0 Å². The van der Waals surface area contributed by atoms with Crippen molar-refractivity contribution in [2.75, 3.05) is 25.5 Å². The van der Waals surface area contributed by atoms with E-state index in [1.165, 1.54) is 0 Å². The Hall–Kier alpha value is -2.29. The van der Waals surface area contributed by atoms with Crippen molar-refractivity contribution in [1.82, 2.24) is 10.6 Å². The molecule has 3 N–H and O–H groups in total. The first-order valence-corrected chi connectivity index (χ1v) is 9.52. The fourth-order valence-electron chi connectivity index (χ4n) is 2.49. The molecule has 0 radical (unpaired) electrons. The average Bonchev–Trinajstić information content (AvgIpc) is 2.70. The lowest BCUT2D eigenvalue weighted by Crippen LogP contribution is -2.42. The first kappa shape index (κ1) is 24.7. The van der Waals surface area contributed by atoms with Gasteiger partial charge in [-0.05, 0) is 42.7 Å². The molecule has 2 rings (SSSR count). The monoisotopic (exact) mass is 510 g/mol. The molecule has 0 saturated carbocycles. The van der Waals surface area contributed by atoms with E-state index >= 15 is 0 Å². The second-order valence-electron chi connectivity index (χ2n) is 6.98. The second-order valence-corrected chi connectivity index (χ2v) is 6.98. The van der Waals surface area contributed by atoms with Gasteiger partial charge in [0.05, 0.1) is 19.2 Å². The Kier molecular flexibility index (Phi) is 11.1. The first-order chi connectivity index (χ1) is 13.5. The van der Waals surface area contributed by atoms with Crippen LogP contribution >= 0.6 is 24.0 Å². The van der Waals surface area contributed by atoms with E-state index in [1.807, 2.05) is 61.5 Å². The number of guanidine groups is 1. The molecule has 0 aliphatic rings. The van der Waals surface area contributed by atoms with Crippen LogP contribution < -0.4 is 20.7 Å². The molecule has 0 spiro atoms. The van der Waals surface area contributed by atoms with Crippen LogP contribution in [-0.2, 0) is 4.79 Å². The summed E-state index contributed by atoms with van der Waals surface area (Å²) in [7, 11) is 1.68. The Balaban J connectivity index is 0.00000420. The van der Waals surface area contributed by atoms with Crippen LogP contribution in [0.3, 0.4) is 0 Å². The van der Waals surface area contributed by atoms with Crippen LogP contribution in [0.2, 0.25) is 0 Å². The van der Waals surface area contributed by atoms with E-state index in [-0.39, 0.29) is 42.5 Å². The van der Waals surface area contributed by atoms with E-state index in [0.29, 0.717) is 18.5 Å². The number of hydrogen-bond donors (Lipinski definition) is 3. The highest BCUT2D eigenvalue weighted by atomic mass is 127. The summed E-state index contributed by atoms with van der Waals surface area (Å²) in [5.74, 6) is 1.79. The summed E-state index contributed by atoms with van der Waals surface area (Å²) in [4.78, 5) is 16.3. The fraction of sp³-hybridized carbons (Fsp3) is 0.364. The van der Waals surface area contributed by atoms with Gasteiger partial charge in [0.2, 0.25) is 5.91 Å². The van der Waals surface area contributed by atoms with Crippen molar-refractivity contribution in [3.05, 3.63) is 60.2 Å². The summed E-state index contributed by atoms with van der Waals surface area (Å²) in [6, 6.07) is 17.4. The standard InChI is InChI=1S/C22H30N4O2.HI/c1-16(2)15-28-20-12-10-18(11-13-20)17(3)25-22(23-4)24-14-21(27)26-19-8-6-5-7-9-19;/h5-13,16-17H,14-15H2,1-4H3,(H,26,27)(H2,23,24,25);1H. The molecule has 0 heterocycles. The summed E-state index contributed by atoms with van der Waals surface area (Å²) in [5.41, 5.74) is 1.87. The van der Waals surface area contributed by atoms with Crippen LogP contribution in [0.1, 0.15) is 32.4 Å². The molecule has 29 heavy (non-hydrogen) atoms. The Labute approximate surface area is 190 Å². The SMILES string of the molecule is CN=C(NCC(=O)Nc1ccccc1)NC(C)c1ccc(OCC(C)C)cc1.I. The predicted molar refractivity (Wildman–Crippen MR) is 130 cm³/mol. The summed E-state index contributed by atoms with van der Waals surface area (Å²) in [5, 5.41) is 9.16. The largest absolute Gasteiger partial charge is 0.493 e. The molecule has 1 unspecified atom stereocenters. The summed E-state index contributed by atoms with van der Waals surface area (Å²) >= 11 is 0. The minimum Gasteiger partial charge on any atom is -0.493 e. The van der Waals surface area contributed by atoms with Gasteiger partial charge >= 0.3 is 0 Å². The van der Waals surface area contributed by atoms with Gasteiger partial charge in [-0.15, -0.1) is 24.0 Å². The summed E-state index contributed by atoms with van der Waals surface area (Å²) < 4.78 is 5.72. The van der Waals surface area contributed by atoms with Gasteiger partial charge in [-0.2, -0.15) is 0 Å². The van der Waals surface area contributed by atoms with Gasteiger partial charge in [0, 0.05) is 12.7 Å². The third-order valence-corrected chi connectivity index (χ3v) is 4.01. The molecule has 6 nitrogen and oxygen atoms in total. The zero-order valence-corrected chi connectivity index (χ0v) is 19.8. The van der Waals surface area contributed by atoms with Crippen LogP contribution in [0.4, 0.5) is 5.69 Å². The number of rotatable bonds is 8. The number of carbonyl (C=O) groups is 1. The Morgan fingerprint density at radius 1 is 1.03 bits per heavy atom. The highest BCUT2D eigenvalue weighted by Gasteiger charge is 2.10. The maximum atomic E-state index is 12.1. The molecule has 0 aliphatic heterocycles. The number of para-hydroxylation sites is 1. The second kappa shape index (κ2) is 13.0. The third-order valence-electron chi connectivity index (χ3n) is 4.01. The Morgan fingerprint density at radius 3 is 2.28 bits per heavy atom. The molecule has 0 fully saturated rings. The number of anilines is 1. The minimum absolute atomic E-state index is 0. The Bertz CT molecular complexity index is 764. The lowest BCUT2D eigenvalue weighted by atomic mass is 10.1. The van der Waals surface area contributed by atoms with Crippen molar-refractivity contribution in [2.24, 2.45) is 10.9 Å². The van der Waals surface area contributed by atoms with Crippen LogP contribution in [-0.4, -0.2) is 32.1 Å². The molecule has 0 aromatic heterocycles. The molecule has 7 heteroatoms. The third kappa shape index (κ3) is 9.17. The number of nitrogens with one attached hydrogen (secondary N) is 3. The smallest absolute Gasteiger partial charge is 0.243 e. The van der Waals surface area contributed by atoms with E-state index in [2.05, 4.69) is 34.8 Å². The van der Waals surface area contributed by atoms with Gasteiger partial charge in [-0.25, -0.2) is 0 Å². The van der Waals surface area contributed by atoms with Gasteiger partial charge in [0.15, 0.2) is 5.96 Å². The average molecular weight is 510 g/mol. The van der Waals surface area contributed by atoms with Gasteiger partial charge in [-0.1, -0.05) is 44.2 Å². The first-order valence-electron chi connectivity index (χ1n) is 9.52. The van der Waals surface area contributed by atoms with Crippen molar-refractivity contribution >= 4 is 41.5 Å². The van der Waals surface area contributed by atoms with Gasteiger partial charge in [0.25, 0.3) is 0 Å². The lowest BCUT2D eigenvalue weighted by Gasteiger charge is -2.18. The van der Waals surface area contributed by atoms with Crippen LogP contribution in [0, 0.1) is 5.92 Å².